The van der Waals surface area contributed by atoms with Gasteiger partial charge in [-0.2, -0.15) is 0 Å². The van der Waals surface area contributed by atoms with Crippen LogP contribution in [0.2, 0.25) is 0 Å². The minimum Gasteiger partial charge on any atom is -0.493 e. The molecule has 5 nitrogen and oxygen atoms in total. The monoisotopic (exact) mass is 236 g/mol. The van der Waals surface area contributed by atoms with Crippen LogP contribution in [0, 0.1) is 5.41 Å². The fourth-order valence-electron chi connectivity index (χ4n) is 2.41. The number of allylic oxidation sites excluding steroid dienone is 1. The lowest BCUT2D eigenvalue weighted by Crippen LogP contribution is -2.40. The van der Waals surface area contributed by atoms with E-state index in [1.807, 2.05) is 6.92 Å². The van der Waals surface area contributed by atoms with Crippen molar-refractivity contribution in [1.82, 2.24) is 0 Å². The zero-order chi connectivity index (χ0) is 12.8. The zero-order valence-electron chi connectivity index (χ0n) is 9.95. The van der Waals surface area contributed by atoms with Crippen molar-refractivity contribution in [3.05, 3.63) is 23.0 Å². The zero-order valence-corrected chi connectivity index (χ0v) is 9.95. The van der Waals surface area contributed by atoms with Crippen LogP contribution in [0.4, 0.5) is 0 Å². The van der Waals surface area contributed by atoms with Gasteiger partial charge in [-0.15, -0.1) is 0 Å². The Morgan fingerprint density at radius 1 is 1.47 bits per heavy atom. The summed E-state index contributed by atoms with van der Waals surface area (Å²) >= 11 is 0. The Labute approximate surface area is 99.5 Å². The second-order valence-corrected chi connectivity index (χ2v) is 4.89. The third kappa shape index (κ3) is 1.71. The van der Waals surface area contributed by atoms with Crippen LogP contribution >= 0.6 is 0 Å². The molecular formula is C12H16N2O3. The maximum atomic E-state index is 11.6. The summed E-state index contributed by atoms with van der Waals surface area (Å²) in [6.07, 6.45) is 2.62. The summed E-state index contributed by atoms with van der Waals surface area (Å²) in [5.41, 5.74) is 11.0. The highest BCUT2D eigenvalue weighted by molar-refractivity contribution is 5.95. The molecule has 0 aromatic heterocycles. The van der Waals surface area contributed by atoms with E-state index < -0.39 is 17.2 Å². The van der Waals surface area contributed by atoms with Crippen molar-refractivity contribution in [3.8, 4) is 0 Å². The number of hydrogen-bond donors (Lipinski definition) is 2. The van der Waals surface area contributed by atoms with Crippen molar-refractivity contribution in [3.63, 3.8) is 0 Å². The standard InChI is InChI=1S/C12H16N2O3/c1-6-3-7-4-8(10(13)15)5-12(2,11(14)16)9(7)17-6/h4,6H,3,5H2,1-2H3,(H2,13,15)(H2,14,16). The summed E-state index contributed by atoms with van der Waals surface area (Å²) < 4.78 is 5.65. The summed E-state index contributed by atoms with van der Waals surface area (Å²) in [5, 5.41) is 0. The number of hydrogen-bond acceptors (Lipinski definition) is 3. The highest BCUT2D eigenvalue weighted by Gasteiger charge is 2.45. The summed E-state index contributed by atoms with van der Waals surface area (Å²) in [4.78, 5) is 22.9. The molecule has 2 rings (SSSR count). The maximum absolute atomic E-state index is 11.6. The first-order valence-electron chi connectivity index (χ1n) is 5.55. The van der Waals surface area contributed by atoms with Gasteiger partial charge in [-0.25, -0.2) is 0 Å². The van der Waals surface area contributed by atoms with Crippen LogP contribution in [0.5, 0.6) is 0 Å². The number of carbonyl (C=O) groups excluding carboxylic acids is 2. The Hall–Kier alpha value is -1.78. The van der Waals surface area contributed by atoms with Crippen molar-refractivity contribution in [2.75, 3.05) is 0 Å². The minimum absolute atomic E-state index is 0.00199. The lowest BCUT2D eigenvalue weighted by molar-refractivity contribution is -0.127. The SMILES string of the molecule is CC1CC2=C(O1)C(C)(C(N)=O)CC(C(N)=O)=C2. The van der Waals surface area contributed by atoms with Crippen molar-refractivity contribution < 1.29 is 14.3 Å². The van der Waals surface area contributed by atoms with Gasteiger partial charge in [-0.05, 0) is 31.9 Å². The number of amides is 2. The van der Waals surface area contributed by atoms with Crippen LogP contribution in [-0.4, -0.2) is 17.9 Å². The highest BCUT2D eigenvalue weighted by atomic mass is 16.5. The summed E-state index contributed by atoms with van der Waals surface area (Å²) in [7, 11) is 0. The number of carbonyl (C=O) groups is 2. The van der Waals surface area contributed by atoms with Gasteiger partial charge in [0.1, 0.15) is 11.2 Å². The number of primary amides is 2. The summed E-state index contributed by atoms with van der Waals surface area (Å²) in [6.45, 7) is 3.61. The summed E-state index contributed by atoms with van der Waals surface area (Å²) in [5.74, 6) is -0.406. The second kappa shape index (κ2) is 3.61. The van der Waals surface area contributed by atoms with Gasteiger partial charge in [-0.3, -0.25) is 9.59 Å². The first kappa shape index (κ1) is 11.7. The van der Waals surface area contributed by atoms with Gasteiger partial charge in [0.15, 0.2) is 0 Å². The van der Waals surface area contributed by atoms with Crippen molar-refractivity contribution in [2.45, 2.75) is 32.8 Å². The number of nitrogens with two attached hydrogens (primary N) is 2. The third-order valence-electron chi connectivity index (χ3n) is 3.37. The van der Waals surface area contributed by atoms with E-state index >= 15 is 0 Å². The van der Waals surface area contributed by atoms with E-state index in [1.165, 1.54) is 0 Å². The molecule has 0 saturated heterocycles. The van der Waals surface area contributed by atoms with E-state index in [0.29, 0.717) is 17.8 Å². The number of rotatable bonds is 2. The summed E-state index contributed by atoms with van der Waals surface area (Å²) in [6, 6.07) is 0. The fraction of sp³-hybridized carbons (Fsp3) is 0.500. The molecule has 0 radical (unpaired) electrons. The van der Waals surface area contributed by atoms with Crippen LogP contribution in [-0.2, 0) is 14.3 Å². The molecular weight excluding hydrogens is 220 g/mol. The number of ether oxygens (including phenoxy) is 1. The molecule has 4 N–H and O–H groups in total. The first-order chi connectivity index (χ1) is 7.84. The molecule has 0 spiro atoms. The molecule has 0 aromatic carbocycles. The van der Waals surface area contributed by atoms with Crippen LogP contribution in [0.1, 0.15) is 26.7 Å². The minimum atomic E-state index is -0.959. The topological polar surface area (TPSA) is 95.4 Å². The van der Waals surface area contributed by atoms with Crippen molar-refractivity contribution in [2.24, 2.45) is 16.9 Å². The molecule has 5 heteroatoms. The molecule has 0 bridgehead atoms. The second-order valence-electron chi connectivity index (χ2n) is 4.89. The van der Waals surface area contributed by atoms with Gasteiger partial charge in [0.25, 0.3) is 0 Å². The van der Waals surface area contributed by atoms with Gasteiger partial charge in [0.2, 0.25) is 11.8 Å². The lowest BCUT2D eigenvalue weighted by atomic mass is 9.75. The van der Waals surface area contributed by atoms with E-state index in [4.69, 9.17) is 16.2 Å². The molecule has 2 unspecified atom stereocenters. The van der Waals surface area contributed by atoms with E-state index in [9.17, 15) is 9.59 Å². The Bertz CT molecular complexity index is 464. The molecule has 0 fully saturated rings. The molecule has 2 aliphatic rings. The largest absolute Gasteiger partial charge is 0.493 e. The highest BCUT2D eigenvalue weighted by Crippen LogP contribution is 2.46. The Balaban J connectivity index is 2.49. The van der Waals surface area contributed by atoms with Crippen LogP contribution < -0.4 is 11.5 Å². The molecule has 2 amide bonds. The van der Waals surface area contributed by atoms with Gasteiger partial charge in [-0.1, -0.05) is 0 Å². The van der Waals surface area contributed by atoms with Crippen LogP contribution in [0.25, 0.3) is 0 Å². The van der Waals surface area contributed by atoms with Crippen LogP contribution in [0.3, 0.4) is 0 Å². The molecule has 1 aliphatic heterocycles. The normalized spacial score (nSPS) is 31.6. The molecule has 1 heterocycles. The Morgan fingerprint density at radius 2 is 2.12 bits per heavy atom. The van der Waals surface area contributed by atoms with Crippen molar-refractivity contribution >= 4 is 11.8 Å². The average Bonchev–Trinajstić information content (AvgIpc) is 2.58. The average molecular weight is 236 g/mol. The van der Waals surface area contributed by atoms with E-state index in [1.54, 1.807) is 13.0 Å². The smallest absolute Gasteiger partial charge is 0.244 e. The predicted molar refractivity (Wildman–Crippen MR) is 61.4 cm³/mol. The van der Waals surface area contributed by atoms with E-state index in [0.717, 1.165) is 5.57 Å². The maximum Gasteiger partial charge on any atom is 0.244 e. The fourth-order valence-corrected chi connectivity index (χ4v) is 2.41. The van der Waals surface area contributed by atoms with Crippen LogP contribution in [0.15, 0.2) is 23.0 Å². The first-order valence-corrected chi connectivity index (χ1v) is 5.55. The quantitative estimate of drug-likeness (QED) is 0.724. The lowest BCUT2D eigenvalue weighted by Gasteiger charge is -2.31. The Kier molecular flexibility index (Phi) is 2.49. The van der Waals surface area contributed by atoms with Crippen molar-refractivity contribution in [1.29, 1.82) is 0 Å². The molecule has 17 heavy (non-hydrogen) atoms. The van der Waals surface area contributed by atoms with Gasteiger partial charge in [0, 0.05) is 12.0 Å². The Morgan fingerprint density at radius 3 is 2.65 bits per heavy atom. The van der Waals surface area contributed by atoms with Gasteiger partial charge < -0.3 is 16.2 Å². The predicted octanol–water partition coefficient (Wildman–Crippen LogP) is 0.356. The molecule has 0 saturated carbocycles. The van der Waals surface area contributed by atoms with E-state index in [-0.39, 0.29) is 12.5 Å². The molecule has 1 aliphatic carbocycles. The molecule has 2 atom stereocenters. The molecule has 0 aromatic rings. The van der Waals surface area contributed by atoms with Gasteiger partial charge in [0.05, 0.1) is 6.10 Å². The molecule has 92 valence electrons. The van der Waals surface area contributed by atoms with E-state index in [2.05, 4.69) is 0 Å². The third-order valence-corrected chi connectivity index (χ3v) is 3.37. The van der Waals surface area contributed by atoms with Gasteiger partial charge >= 0.3 is 0 Å².